The molecule has 0 bridgehead atoms. The lowest BCUT2D eigenvalue weighted by molar-refractivity contribution is -0.132. The number of hydrogen-bond donors (Lipinski definition) is 2. The Morgan fingerprint density at radius 1 is 1.60 bits per heavy atom. The Morgan fingerprint density at radius 3 is 3.10 bits per heavy atom. The van der Waals surface area contributed by atoms with Crippen molar-refractivity contribution >= 4 is 5.91 Å². The zero-order valence-electron chi connectivity index (χ0n) is 12.4. The number of aromatic amines is 1. The summed E-state index contributed by atoms with van der Waals surface area (Å²) >= 11 is 0. The highest BCUT2D eigenvalue weighted by Gasteiger charge is 2.30. The normalized spacial score (nSPS) is 22.6. The summed E-state index contributed by atoms with van der Waals surface area (Å²) in [6.07, 6.45) is 7.14. The molecule has 5 heteroatoms. The number of likely N-dealkylation sites (tertiary alicyclic amines) is 1. The topological polar surface area (TPSA) is 69.2 Å². The van der Waals surface area contributed by atoms with E-state index >= 15 is 0 Å². The van der Waals surface area contributed by atoms with E-state index in [1.807, 2.05) is 11.1 Å². The van der Waals surface area contributed by atoms with E-state index in [2.05, 4.69) is 24.0 Å². The lowest BCUT2D eigenvalue weighted by Crippen LogP contribution is -2.37. The van der Waals surface area contributed by atoms with E-state index in [1.165, 1.54) is 0 Å². The van der Waals surface area contributed by atoms with Gasteiger partial charge in [0.05, 0.1) is 12.3 Å². The molecule has 5 nitrogen and oxygen atoms in total. The number of nitrogens with one attached hydrogen (secondary N) is 1. The number of aromatic nitrogens is 2. The van der Waals surface area contributed by atoms with Gasteiger partial charge < -0.3 is 10.0 Å². The molecule has 1 aliphatic rings. The number of hydrogen-bond acceptors (Lipinski definition) is 3. The van der Waals surface area contributed by atoms with Crippen molar-refractivity contribution in [2.75, 3.05) is 13.1 Å². The van der Waals surface area contributed by atoms with Gasteiger partial charge in [0.1, 0.15) is 0 Å². The maximum absolute atomic E-state index is 12.3. The quantitative estimate of drug-likeness (QED) is 0.882. The molecule has 112 valence electrons. The number of aryl methyl sites for hydroxylation is 1. The Kier molecular flexibility index (Phi) is 4.81. The predicted molar refractivity (Wildman–Crippen MR) is 77.1 cm³/mol. The van der Waals surface area contributed by atoms with Crippen molar-refractivity contribution in [2.45, 2.75) is 52.1 Å². The summed E-state index contributed by atoms with van der Waals surface area (Å²) in [6, 6.07) is 0. The Morgan fingerprint density at radius 2 is 2.40 bits per heavy atom. The van der Waals surface area contributed by atoms with E-state index in [4.69, 9.17) is 0 Å². The molecular formula is C15H25N3O2. The molecule has 2 heterocycles. The Bertz CT molecular complexity index is 428. The summed E-state index contributed by atoms with van der Waals surface area (Å²) in [5.41, 5.74) is 1.14. The van der Waals surface area contributed by atoms with Crippen LogP contribution >= 0.6 is 0 Å². The van der Waals surface area contributed by atoms with Gasteiger partial charge in [-0.2, -0.15) is 5.10 Å². The first-order chi connectivity index (χ1) is 9.46. The lowest BCUT2D eigenvalue weighted by atomic mass is 9.87. The van der Waals surface area contributed by atoms with E-state index in [9.17, 15) is 9.90 Å². The fourth-order valence-electron chi connectivity index (χ4n) is 2.93. The minimum atomic E-state index is -0.284. The molecule has 1 aromatic heterocycles. The van der Waals surface area contributed by atoms with Crippen LogP contribution in [0.2, 0.25) is 0 Å². The zero-order valence-corrected chi connectivity index (χ0v) is 12.4. The monoisotopic (exact) mass is 279 g/mol. The molecule has 0 saturated carbocycles. The zero-order chi connectivity index (χ0) is 14.6. The smallest absolute Gasteiger partial charge is 0.222 e. The highest BCUT2D eigenvalue weighted by molar-refractivity contribution is 5.76. The molecule has 1 aliphatic heterocycles. The third kappa shape index (κ3) is 4.34. The van der Waals surface area contributed by atoms with E-state index in [-0.39, 0.29) is 17.4 Å². The number of aliphatic hydroxyl groups excluding tert-OH is 1. The molecule has 1 fully saturated rings. The molecule has 0 radical (unpaired) electrons. The van der Waals surface area contributed by atoms with E-state index in [0.29, 0.717) is 19.4 Å². The number of carbonyl (C=O) groups excluding carboxylic acids is 1. The Balaban J connectivity index is 1.81. The van der Waals surface area contributed by atoms with Crippen LogP contribution in [0.1, 0.15) is 45.1 Å². The van der Waals surface area contributed by atoms with Crippen molar-refractivity contribution in [3.8, 4) is 0 Å². The summed E-state index contributed by atoms with van der Waals surface area (Å²) in [5.74, 6) is 0.204. The van der Waals surface area contributed by atoms with Gasteiger partial charge in [0.25, 0.3) is 0 Å². The van der Waals surface area contributed by atoms with Crippen molar-refractivity contribution in [1.29, 1.82) is 0 Å². The molecule has 0 aliphatic carbocycles. The minimum Gasteiger partial charge on any atom is -0.393 e. The molecule has 1 saturated heterocycles. The molecule has 2 N–H and O–H groups in total. The van der Waals surface area contributed by atoms with Crippen molar-refractivity contribution in [2.24, 2.45) is 5.41 Å². The summed E-state index contributed by atoms with van der Waals surface area (Å²) in [7, 11) is 0. The molecule has 1 aromatic rings. The first-order valence-electron chi connectivity index (χ1n) is 7.40. The fraction of sp³-hybridized carbons (Fsp3) is 0.733. The third-order valence-corrected chi connectivity index (χ3v) is 3.90. The van der Waals surface area contributed by atoms with Crippen molar-refractivity contribution < 1.29 is 9.90 Å². The first-order valence-corrected chi connectivity index (χ1v) is 7.40. The first kappa shape index (κ1) is 15.0. The maximum atomic E-state index is 12.3. The fourth-order valence-corrected chi connectivity index (χ4v) is 2.93. The third-order valence-electron chi connectivity index (χ3n) is 3.90. The molecule has 0 aromatic carbocycles. The van der Waals surface area contributed by atoms with Gasteiger partial charge in [0, 0.05) is 25.7 Å². The molecular weight excluding hydrogens is 254 g/mol. The molecule has 1 unspecified atom stereocenters. The van der Waals surface area contributed by atoms with Crippen LogP contribution in [-0.4, -0.2) is 45.3 Å². The Hall–Kier alpha value is -1.36. The molecule has 2 rings (SSSR count). The lowest BCUT2D eigenvalue weighted by Gasteiger charge is -2.29. The number of aliphatic hydroxyl groups is 1. The van der Waals surface area contributed by atoms with Crippen molar-refractivity contribution in [3.05, 3.63) is 18.0 Å². The van der Waals surface area contributed by atoms with Crippen molar-refractivity contribution in [1.82, 2.24) is 15.1 Å². The van der Waals surface area contributed by atoms with Crippen LogP contribution in [0.4, 0.5) is 0 Å². The summed E-state index contributed by atoms with van der Waals surface area (Å²) in [4.78, 5) is 14.2. The Labute approximate surface area is 120 Å². The van der Waals surface area contributed by atoms with Crippen LogP contribution < -0.4 is 0 Å². The van der Waals surface area contributed by atoms with Crippen LogP contribution in [0, 0.1) is 5.41 Å². The van der Waals surface area contributed by atoms with E-state index < -0.39 is 0 Å². The van der Waals surface area contributed by atoms with Crippen LogP contribution in [-0.2, 0) is 11.2 Å². The number of rotatable bonds is 4. The summed E-state index contributed by atoms with van der Waals surface area (Å²) in [5, 5.41) is 16.6. The average molecular weight is 279 g/mol. The number of carbonyl (C=O) groups is 1. The maximum Gasteiger partial charge on any atom is 0.222 e. The second-order valence-electron chi connectivity index (χ2n) is 6.59. The standard InChI is InChI=1S/C15H25N3O2/c1-15(2)8-13(19)6-7-18(11-15)14(20)5-3-4-12-9-16-17-10-12/h9-10,13,19H,3-8,11H2,1-2H3,(H,16,17). The molecule has 20 heavy (non-hydrogen) atoms. The average Bonchev–Trinajstić information content (AvgIpc) is 2.81. The van der Waals surface area contributed by atoms with Gasteiger partial charge in [-0.1, -0.05) is 13.8 Å². The van der Waals surface area contributed by atoms with E-state index in [1.54, 1.807) is 6.20 Å². The van der Waals surface area contributed by atoms with Gasteiger partial charge in [-0.3, -0.25) is 9.89 Å². The van der Waals surface area contributed by atoms with Gasteiger partial charge >= 0.3 is 0 Å². The molecule has 0 spiro atoms. The minimum absolute atomic E-state index is 0.00383. The molecule has 1 amide bonds. The van der Waals surface area contributed by atoms with Gasteiger partial charge in [-0.25, -0.2) is 0 Å². The second-order valence-corrected chi connectivity index (χ2v) is 6.59. The highest BCUT2D eigenvalue weighted by Crippen LogP contribution is 2.28. The van der Waals surface area contributed by atoms with Crippen LogP contribution in [0.5, 0.6) is 0 Å². The van der Waals surface area contributed by atoms with Crippen LogP contribution in [0.3, 0.4) is 0 Å². The van der Waals surface area contributed by atoms with Gasteiger partial charge in [-0.05, 0) is 36.7 Å². The predicted octanol–water partition coefficient (Wildman–Crippen LogP) is 1.74. The van der Waals surface area contributed by atoms with Crippen LogP contribution in [0.25, 0.3) is 0 Å². The van der Waals surface area contributed by atoms with Crippen LogP contribution in [0.15, 0.2) is 12.4 Å². The van der Waals surface area contributed by atoms with Gasteiger partial charge in [0.2, 0.25) is 5.91 Å². The molecule has 1 atom stereocenters. The van der Waals surface area contributed by atoms with E-state index in [0.717, 1.165) is 31.4 Å². The SMILES string of the molecule is CC1(C)CC(O)CCN(C(=O)CCCc2cn[nH]c2)C1. The number of nitrogens with zero attached hydrogens (tertiary/aromatic N) is 2. The highest BCUT2D eigenvalue weighted by atomic mass is 16.3. The van der Waals surface area contributed by atoms with Gasteiger partial charge in [-0.15, -0.1) is 0 Å². The number of H-pyrrole nitrogens is 1. The summed E-state index contributed by atoms with van der Waals surface area (Å²) < 4.78 is 0. The summed E-state index contributed by atoms with van der Waals surface area (Å²) in [6.45, 7) is 5.66. The van der Waals surface area contributed by atoms with Crippen molar-refractivity contribution in [3.63, 3.8) is 0 Å². The number of amides is 1. The second kappa shape index (κ2) is 6.39. The van der Waals surface area contributed by atoms with Gasteiger partial charge in [0.15, 0.2) is 0 Å². The largest absolute Gasteiger partial charge is 0.393 e.